The van der Waals surface area contributed by atoms with E-state index in [1.807, 2.05) is 6.07 Å². The van der Waals surface area contributed by atoms with Gasteiger partial charge in [0, 0.05) is 38.3 Å². The van der Waals surface area contributed by atoms with Crippen molar-refractivity contribution in [2.75, 3.05) is 0 Å². The van der Waals surface area contributed by atoms with Gasteiger partial charge in [0.1, 0.15) is 11.2 Å². The van der Waals surface area contributed by atoms with E-state index in [9.17, 15) is 0 Å². The largest absolute Gasteiger partial charge is 0.455 e. The Morgan fingerprint density at radius 3 is 1.91 bits per heavy atom. The van der Waals surface area contributed by atoms with Crippen LogP contribution in [0.1, 0.15) is 25.0 Å². The number of nitrogens with zero attached hydrogens (tertiary/aromatic N) is 2. The van der Waals surface area contributed by atoms with Crippen molar-refractivity contribution in [2.45, 2.75) is 19.3 Å². The SMILES string of the molecule is CC1(C)c2ccccc2-c2c(-c3cc(-c4cc(-c5ccccc5)cc(-c5ccc6oc7c8ccccc8ccc7c6c5)c4)nc(-c4ccccc4)n3)cccc21. The smallest absolute Gasteiger partial charge is 0.160 e. The van der Waals surface area contributed by atoms with Gasteiger partial charge in [-0.05, 0) is 92.4 Å². The molecule has 2 aromatic heterocycles. The molecule has 0 amide bonds. The number of fused-ring (bicyclic) bond motifs is 8. The van der Waals surface area contributed by atoms with Crippen molar-refractivity contribution >= 4 is 32.7 Å². The third-order valence-electron chi connectivity index (χ3n) is 11.7. The first-order valence-electron chi connectivity index (χ1n) is 19.2. The van der Waals surface area contributed by atoms with Gasteiger partial charge >= 0.3 is 0 Å². The Bertz CT molecular complexity index is 3160. The van der Waals surface area contributed by atoms with Gasteiger partial charge in [0.25, 0.3) is 0 Å². The van der Waals surface area contributed by atoms with Crippen LogP contribution in [-0.2, 0) is 5.41 Å². The Labute approximate surface area is 325 Å². The van der Waals surface area contributed by atoms with E-state index in [1.54, 1.807) is 0 Å². The van der Waals surface area contributed by atoms with Crippen LogP contribution in [0.15, 0.2) is 186 Å². The van der Waals surface area contributed by atoms with Gasteiger partial charge in [-0.25, -0.2) is 9.97 Å². The lowest BCUT2D eigenvalue weighted by molar-refractivity contribution is 0.660. The predicted molar refractivity (Wildman–Crippen MR) is 232 cm³/mol. The molecular formula is C53H36N2O. The van der Waals surface area contributed by atoms with Crippen molar-refractivity contribution in [3.63, 3.8) is 0 Å². The monoisotopic (exact) mass is 716 g/mol. The maximum absolute atomic E-state index is 6.50. The van der Waals surface area contributed by atoms with Crippen molar-refractivity contribution < 1.29 is 4.42 Å². The molecule has 0 radical (unpaired) electrons. The molecule has 10 aromatic rings. The molecule has 0 N–H and O–H groups in total. The first kappa shape index (κ1) is 32.3. The van der Waals surface area contributed by atoms with Crippen LogP contribution in [0, 0.1) is 0 Å². The fraction of sp³-hybridized carbons (Fsp3) is 0.0566. The van der Waals surface area contributed by atoms with Crippen molar-refractivity contribution in [2.24, 2.45) is 0 Å². The van der Waals surface area contributed by atoms with Gasteiger partial charge in [0.05, 0.1) is 11.4 Å². The number of furan rings is 1. The van der Waals surface area contributed by atoms with E-state index < -0.39 is 0 Å². The summed E-state index contributed by atoms with van der Waals surface area (Å²) in [5, 5.41) is 4.52. The van der Waals surface area contributed by atoms with Gasteiger partial charge in [-0.3, -0.25) is 0 Å². The lowest BCUT2D eigenvalue weighted by atomic mass is 9.82. The molecule has 0 aliphatic heterocycles. The fourth-order valence-electron chi connectivity index (χ4n) is 8.84. The summed E-state index contributed by atoms with van der Waals surface area (Å²) in [6.07, 6.45) is 0. The topological polar surface area (TPSA) is 38.9 Å². The maximum Gasteiger partial charge on any atom is 0.160 e. The molecule has 3 heteroatoms. The molecule has 0 spiro atoms. The van der Waals surface area contributed by atoms with E-state index in [0.29, 0.717) is 5.82 Å². The van der Waals surface area contributed by atoms with Gasteiger partial charge < -0.3 is 4.42 Å². The van der Waals surface area contributed by atoms with E-state index in [0.717, 1.165) is 77.7 Å². The lowest BCUT2D eigenvalue weighted by Crippen LogP contribution is -2.14. The molecule has 0 saturated carbocycles. The minimum atomic E-state index is -0.118. The number of hydrogen-bond acceptors (Lipinski definition) is 3. The second-order valence-electron chi connectivity index (χ2n) is 15.4. The van der Waals surface area contributed by atoms with Gasteiger partial charge in [-0.1, -0.05) is 153 Å². The summed E-state index contributed by atoms with van der Waals surface area (Å²) >= 11 is 0. The number of hydrogen-bond donors (Lipinski definition) is 0. The van der Waals surface area contributed by atoms with Gasteiger partial charge in [0.15, 0.2) is 5.82 Å². The Morgan fingerprint density at radius 2 is 1.07 bits per heavy atom. The maximum atomic E-state index is 6.50. The normalized spacial score (nSPS) is 13.0. The summed E-state index contributed by atoms with van der Waals surface area (Å²) in [6, 6.07) is 64.8. The molecule has 0 unspecified atom stereocenters. The second-order valence-corrected chi connectivity index (χ2v) is 15.4. The molecule has 3 nitrogen and oxygen atoms in total. The lowest BCUT2D eigenvalue weighted by Gasteiger charge is -2.21. The van der Waals surface area contributed by atoms with Crippen molar-refractivity contribution in [1.82, 2.24) is 9.97 Å². The average molecular weight is 717 g/mol. The zero-order valence-corrected chi connectivity index (χ0v) is 31.1. The molecule has 56 heavy (non-hydrogen) atoms. The number of aromatic nitrogens is 2. The van der Waals surface area contributed by atoms with Crippen LogP contribution in [0.25, 0.3) is 100.0 Å². The highest BCUT2D eigenvalue weighted by molar-refractivity contribution is 6.15. The Balaban J connectivity index is 1.14. The van der Waals surface area contributed by atoms with E-state index >= 15 is 0 Å². The summed E-state index contributed by atoms with van der Waals surface area (Å²) in [5.41, 5.74) is 16.3. The third kappa shape index (κ3) is 5.12. The molecule has 264 valence electrons. The van der Waals surface area contributed by atoms with Crippen LogP contribution in [0.5, 0.6) is 0 Å². The highest BCUT2D eigenvalue weighted by Gasteiger charge is 2.36. The Hall–Kier alpha value is -7.10. The molecule has 2 heterocycles. The summed E-state index contributed by atoms with van der Waals surface area (Å²) in [5.74, 6) is 0.700. The molecule has 8 aromatic carbocycles. The molecule has 11 rings (SSSR count). The van der Waals surface area contributed by atoms with Crippen LogP contribution < -0.4 is 0 Å². The molecule has 0 fully saturated rings. The summed E-state index contributed by atoms with van der Waals surface area (Å²) in [6.45, 7) is 4.65. The summed E-state index contributed by atoms with van der Waals surface area (Å²) in [7, 11) is 0. The van der Waals surface area contributed by atoms with Crippen LogP contribution >= 0.6 is 0 Å². The third-order valence-corrected chi connectivity index (χ3v) is 11.7. The van der Waals surface area contributed by atoms with Crippen molar-refractivity contribution in [1.29, 1.82) is 0 Å². The summed E-state index contributed by atoms with van der Waals surface area (Å²) in [4.78, 5) is 10.6. The Kier molecular flexibility index (Phi) is 7.20. The molecule has 1 aliphatic rings. The Morgan fingerprint density at radius 1 is 0.411 bits per heavy atom. The van der Waals surface area contributed by atoms with Gasteiger partial charge in [0.2, 0.25) is 0 Å². The van der Waals surface area contributed by atoms with E-state index in [1.165, 1.54) is 27.6 Å². The van der Waals surface area contributed by atoms with Crippen LogP contribution in [0.4, 0.5) is 0 Å². The quantitative estimate of drug-likeness (QED) is 0.178. The van der Waals surface area contributed by atoms with Crippen molar-refractivity contribution in [3.05, 3.63) is 193 Å². The molecule has 0 saturated heterocycles. The number of benzene rings is 8. The standard InChI is InChI=1S/C53H36N2O/c1-53(2)45-22-12-11-20-42(45)50-43(21-13-23-46(50)53)48-32-47(54-52(55-48)35-17-7-4-8-18-35)39-29-37(33-14-5-3-6-15-33)28-38(30-39)36-25-27-49-44(31-36)41-26-24-34-16-9-10-19-40(34)51(41)56-49/h3-32H,1-2H3. The number of rotatable bonds is 5. The molecule has 0 atom stereocenters. The van der Waals surface area contributed by atoms with Crippen LogP contribution in [0.2, 0.25) is 0 Å². The molecule has 0 bridgehead atoms. The van der Waals surface area contributed by atoms with E-state index in [4.69, 9.17) is 14.4 Å². The van der Waals surface area contributed by atoms with Gasteiger partial charge in [-0.15, -0.1) is 0 Å². The second kappa shape index (κ2) is 12.5. The summed E-state index contributed by atoms with van der Waals surface area (Å²) < 4.78 is 6.50. The van der Waals surface area contributed by atoms with Crippen molar-refractivity contribution in [3.8, 4) is 67.3 Å². The molecule has 1 aliphatic carbocycles. The zero-order valence-electron chi connectivity index (χ0n) is 31.1. The highest BCUT2D eigenvalue weighted by Crippen LogP contribution is 2.52. The fourth-order valence-corrected chi connectivity index (χ4v) is 8.84. The first-order valence-corrected chi connectivity index (χ1v) is 19.2. The zero-order chi connectivity index (χ0) is 37.4. The highest BCUT2D eigenvalue weighted by atomic mass is 16.3. The minimum absolute atomic E-state index is 0.118. The first-order chi connectivity index (χ1) is 27.5. The minimum Gasteiger partial charge on any atom is -0.455 e. The van der Waals surface area contributed by atoms with E-state index in [-0.39, 0.29) is 5.41 Å². The average Bonchev–Trinajstić information content (AvgIpc) is 3.76. The van der Waals surface area contributed by atoms with Gasteiger partial charge in [-0.2, -0.15) is 0 Å². The molecular weight excluding hydrogens is 681 g/mol. The van der Waals surface area contributed by atoms with Crippen LogP contribution in [-0.4, -0.2) is 9.97 Å². The predicted octanol–water partition coefficient (Wildman–Crippen LogP) is 14.2. The van der Waals surface area contributed by atoms with Crippen LogP contribution in [0.3, 0.4) is 0 Å². The van der Waals surface area contributed by atoms with E-state index in [2.05, 4.69) is 190 Å².